The molecule has 0 fully saturated rings. The molecule has 54 heavy (non-hydrogen) atoms. The van der Waals surface area contributed by atoms with E-state index in [-0.39, 0.29) is 5.41 Å². The zero-order valence-corrected chi connectivity index (χ0v) is 29.8. The molecule has 0 atom stereocenters. The highest BCUT2D eigenvalue weighted by Gasteiger charge is 2.37. The van der Waals surface area contributed by atoms with Gasteiger partial charge in [-0.25, -0.2) is 15.0 Å². The molecule has 2 heterocycles. The minimum atomic E-state index is -0.155. The predicted octanol–water partition coefficient (Wildman–Crippen LogP) is 13.1. The van der Waals surface area contributed by atoms with Crippen molar-refractivity contribution in [2.75, 3.05) is 0 Å². The van der Waals surface area contributed by atoms with Crippen molar-refractivity contribution in [1.29, 1.82) is 0 Å². The molecule has 0 N–H and O–H groups in total. The minimum absolute atomic E-state index is 0.155. The Kier molecular flexibility index (Phi) is 6.56. The van der Waals surface area contributed by atoms with Crippen molar-refractivity contribution in [3.05, 3.63) is 175 Å². The Morgan fingerprint density at radius 2 is 1.02 bits per heavy atom. The quantitative estimate of drug-likeness (QED) is 0.172. The molecule has 254 valence electrons. The smallest absolute Gasteiger partial charge is 0.167 e. The summed E-state index contributed by atoms with van der Waals surface area (Å²) < 4.78 is 6.53. The highest BCUT2D eigenvalue weighted by molar-refractivity contribution is 6.14. The van der Waals surface area contributed by atoms with Crippen LogP contribution in [0.1, 0.15) is 25.0 Å². The normalized spacial score (nSPS) is 13.1. The fourth-order valence-electron chi connectivity index (χ4n) is 8.74. The topological polar surface area (TPSA) is 51.8 Å². The number of furan rings is 1. The first kappa shape index (κ1) is 30.7. The van der Waals surface area contributed by atoms with Crippen LogP contribution in [0.15, 0.2) is 168 Å². The van der Waals surface area contributed by atoms with Gasteiger partial charge < -0.3 is 4.42 Å². The highest BCUT2D eigenvalue weighted by Crippen LogP contribution is 2.52. The van der Waals surface area contributed by atoms with E-state index in [9.17, 15) is 0 Å². The van der Waals surface area contributed by atoms with Crippen molar-refractivity contribution in [3.63, 3.8) is 0 Å². The fourth-order valence-corrected chi connectivity index (χ4v) is 8.74. The van der Waals surface area contributed by atoms with Crippen molar-refractivity contribution in [1.82, 2.24) is 15.0 Å². The molecule has 0 amide bonds. The third-order valence-corrected chi connectivity index (χ3v) is 11.3. The van der Waals surface area contributed by atoms with Gasteiger partial charge >= 0.3 is 0 Å². The SMILES string of the molecule is CC1(C)c2ccccc2-c2c(-c3nc(-c4cccc(-c5cccc6ccc7ccccc7c56)c4)nc(-c4cccc5c4oc4ccccc45)n3)cccc21. The molecule has 0 saturated heterocycles. The van der Waals surface area contributed by atoms with Crippen molar-refractivity contribution in [2.24, 2.45) is 0 Å². The maximum absolute atomic E-state index is 6.53. The second-order valence-corrected chi connectivity index (χ2v) is 14.8. The molecule has 0 saturated carbocycles. The van der Waals surface area contributed by atoms with Crippen molar-refractivity contribution < 1.29 is 4.42 Å². The number of aromatic nitrogens is 3. The zero-order valence-electron chi connectivity index (χ0n) is 29.8. The van der Waals surface area contributed by atoms with Crippen molar-refractivity contribution in [2.45, 2.75) is 19.3 Å². The second-order valence-electron chi connectivity index (χ2n) is 14.8. The number of hydrogen-bond acceptors (Lipinski definition) is 4. The summed E-state index contributed by atoms with van der Waals surface area (Å²) in [5.41, 5.74) is 11.5. The molecule has 2 aromatic heterocycles. The van der Waals surface area contributed by atoms with Gasteiger partial charge in [-0.1, -0.05) is 159 Å². The van der Waals surface area contributed by atoms with E-state index in [0.717, 1.165) is 44.2 Å². The molecule has 1 aliphatic rings. The molecule has 10 aromatic rings. The Morgan fingerprint density at radius 3 is 1.94 bits per heavy atom. The average Bonchev–Trinajstić information content (AvgIpc) is 3.72. The van der Waals surface area contributed by atoms with Gasteiger partial charge in [-0.15, -0.1) is 0 Å². The average molecular weight is 692 g/mol. The number of para-hydroxylation sites is 2. The molecule has 0 aliphatic heterocycles. The summed E-state index contributed by atoms with van der Waals surface area (Å²) in [5, 5.41) is 7.01. The van der Waals surface area contributed by atoms with Crippen LogP contribution in [0, 0.1) is 0 Å². The van der Waals surface area contributed by atoms with Crippen LogP contribution in [0.4, 0.5) is 0 Å². The Morgan fingerprint density at radius 1 is 0.426 bits per heavy atom. The summed E-state index contributed by atoms with van der Waals surface area (Å²) >= 11 is 0. The summed E-state index contributed by atoms with van der Waals surface area (Å²) in [4.78, 5) is 15.9. The number of hydrogen-bond donors (Lipinski definition) is 0. The summed E-state index contributed by atoms with van der Waals surface area (Å²) in [6, 6.07) is 57.8. The molecular formula is C50H33N3O. The third-order valence-electron chi connectivity index (χ3n) is 11.3. The van der Waals surface area contributed by atoms with Gasteiger partial charge in [0.1, 0.15) is 11.2 Å². The second kappa shape index (κ2) is 11.5. The fraction of sp³-hybridized carbons (Fsp3) is 0.0600. The number of benzene rings is 8. The summed E-state index contributed by atoms with van der Waals surface area (Å²) in [6.45, 7) is 4.60. The van der Waals surface area contributed by atoms with Gasteiger partial charge in [-0.3, -0.25) is 0 Å². The Balaban J connectivity index is 1.16. The van der Waals surface area contributed by atoms with Crippen LogP contribution in [0.25, 0.3) is 99.9 Å². The molecule has 0 radical (unpaired) electrons. The van der Waals surface area contributed by atoms with E-state index in [4.69, 9.17) is 19.4 Å². The van der Waals surface area contributed by atoms with E-state index in [1.54, 1.807) is 0 Å². The first-order valence-electron chi connectivity index (χ1n) is 18.4. The van der Waals surface area contributed by atoms with Gasteiger partial charge in [0.15, 0.2) is 17.5 Å². The van der Waals surface area contributed by atoms with Crippen LogP contribution in [0.2, 0.25) is 0 Å². The third kappa shape index (κ3) is 4.53. The Labute approximate surface area is 312 Å². The first-order valence-corrected chi connectivity index (χ1v) is 18.4. The lowest BCUT2D eigenvalue weighted by Crippen LogP contribution is -2.14. The lowest BCUT2D eigenvalue weighted by molar-refractivity contribution is 0.660. The highest BCUT2D eigenvalue weighted by atomic mass is 16.3. The van der Waals surface area contributed by atoms with Gasteiger partial charge in [0.05, 0.1) is 5.56 Å². The molecule has 4 nitrogen and oxygen atoms in total. The van der Waals surface area contributed by atoms with Crippen molar-refractivity contribution in [3.8, 4) is 56.4 Å². The molecule has 0 bridgehead atoms. The lowest BCUT2D eigenvalue weighted by Gasteiger charge is -2.21. The number of rotatable bonds is 4. The predicted molar refractivity (Wildman–Crippen MR) is 221 cm³/mol. The summed E-state index contributed by atoms with van der Waals surface area (Å²) in [5.74, 6) is 1.82. The lowest BCUT2D eigenvalue weighted by atomic mass is 9.82. The van der Waals surface area contributed by atoms with Gasteiger partial charge in [0.25, 0.3) is 0 Å². The maximum atomic E-state index is 6.53. The molecule has 4 heteroatoms. The van der Waals surface area contributed by atoms with Crippen molar-refractivity contribution >= 4 is 43.5 Å². The number of fused-ring (bicyclic) bond motifs is 9. The van der Waals surface area contributed by atoms with Crippen LogP contribution >= 0.6 is 0 Å². The first-order chi connectivity index (χ1) is 26.5. The summed E-state index contributed by atoms with van der Waals surface area (Å²) in [6.07, 6.45) is 0. The monoisotopic (exact) mass is 691 g/mol. The zero-order chi connectivity index (χ0) is 36.0. The van der Waals surface area contributed by atoms with E-state index in [1.165, 1.54) is 49.4 Å². The summed E-state index contributed by atoms with van der Waals surface area (Å²) in [7, 11) is 0. The van der Waals surface area contributed by atoms with Crippen LogP contribution in [0.5, 0.6) is 0 Å². The molecule has 0 spiro atoms. The largest absolute Gasteiger partial charge is 0.455 e. The van der Waals surface area contributed by atoms with E-state index in [0.29, 0.717) is 17.5 Å². The molecule has 1 aliphatic carbocycles. The molecule has 11 rings (SSSR count). The molecule has 0 unspecified atom stereocenters. The molecule has 8 aromatic carbocycles. The van der Waals surface area contributed by atoms with Gasteiger partial charge in [0.2, 0.25) is 0 Å². The van der Waals surface area contributed by atoms with Gasteiger partial charge in [-0.05, 0) is 73.1 Å². The van der Waals surface area contributed by atoms with Crippen LogP contribution < -0.4 is 0 Å². The Hall–Kier alpha value is -6.91. The molecular weight excluding hydrogens is 659 g/mol. The standard InChI is InChI=1S/C50H33N3O/c1-50(2)41-24-7-5-19-38(41)45-39(22-12-25-42(45)50)48-51-47(52-49(53-48)40-23-11-21-37-36-18-6-8-26-43(36)54-46(37)40)33-16-9-15-32(29-33)35-20-10-14-31-28-27-30-13-3-4-17-34(30)44(31)35/h3-29H,1-2H3. The maximum Gasteiger partial charge on any atom is 0.167 e. The number of nitrogens with zero attached hydrogens (tertiary/aromatic N) is 3. The van der Waals surface area contributed by atoms with E-state index in [1.807, 2.05) is 18.2 Å². The minimum Gasteiger partial charge on any atom is -0.455 e. The van der Waals surface area contributed by atoms with Crippen LogP contribution in [-0.2, 0) is 5.41 Å². The van der Waals surface area contributed by atoms with Crippen LogP contribution in [-0.4, -0.2) is 15.0 Å². The van der Waals surface area contributed by atoms with E-state index >= 15 is 0 Å². The van der Waals surface area contributed by atoms with Crippen LogP contribution in [0.3, 0.4) is 0 Å². The van der Waals surface area contributed by atoms with Gasteiger partial charge in [0, 0.05) is 27.3 Å². The Bertz CT molecular complexity index is 3150. The van der Waals surface area contributed by atoms with E-state index < -0.39 is 0 Å². The van der Waals surface area contributed by atoms with E-state index in [2.05, 4.69) is 159 Å². The van der Waals surface area contributed by atoms with Gasteiger partial charge in [-0.2, -0.15) is 0 Å².